The van der Waals surface area contributed by atoms with Gasteiger partial charge in [-0.2, -0.15) is 0 Å². The van der Waals surface area contributed by atoms with Gasteiger partial charge in [0.2, 0.25) is 0 Å². The number of esters is 1. The Hall–Kier alpha value is -2.48. The maximum Gasteiger partial charge on any atom is 0.329 e. The van der Waals surface area contributed by atoms with E-state index < -0.39 is 23.2 Å². The number of nitrogens with zero attached hydrogens (tertiary/aromatic N) is 1. The Kier molecular flexibility index (Phi) is 7.29. The van der Waals surface area contributed by atoms with E-state index in [2.05, 4.69) is 0 Å². The Labute approximate surface area is 162 Å². The molecule has 8 heteroatoms. The third kappa shape index (κ3) is 4.82. The van der Waals surface area contributed by atoms with Crippen LogP contribution >= 0.6 is 11.8 Å². The van der Waals surface area contributed by atoms with Crippen molar-refractivity contribution >= 4 is 35.0 Å². The highest BCUT2D eigenvalue weighted by molar-refractivity contribution is 8.18. The van der Waals surface area contributed by atoms with Crippen molar-refractivity contribution in [3.8, 4) is 11.5 Å². The zero-order chi connectivity index (χ0) is 20.0. The molecule has 1 heterocycles. The third-order valence-corrected chi connectivity index (χ3v) is 4.60. The molecule has 0 saturated carbocycles. The van der Waals surface area contributed by atoms with Crippen LogP contribution in [0.25, 0.3) is 6.08 Å². The Bertz CT molecular complexity index is 761. The summed E-state index contributed by atoms with van der Waals surface area (Å²) in [4.78, 5) is 37.9. The summed E-state index contributed by atoms with van der Waals surface area (Å²) in [5.74, 6) is 0.0647. The summed E-state index contributed by atoms with van der Waals surface area (Å²) in [7, 11) is 0. The lowest BCUT2D eigenvalue weighted by molar-refractivity contribution is -0.150. The molecule has 0 aliphatic carbocycles. The number of imide groups is 1. The maximum absolute atomic E-state index is 12.7. The summed E-state index contributed by atoms with van der Waals surface area (Å²) in [6.45, 7) is 8.02. The van der Waals surface area contributed by atoms with Gasteiger partial charge in [-0.15, -0.1) is 0 Å². The van der Waals surface area contributed by atoms with Crippen molar-refractivity contribution in [3.05, 3.63) is 28.7 Å². The van der Waals surface area contributed by atoms with E-state index in [9.17, 15) is 14.4 Å². The van der Waals surface area contributed by atoms with Gasteiger partial charge in [0, 0.05) is 11.6 Å². The molecule has 0 radical (unpaired) electrons. The Morgan fingerprint density at radius 3 is 2.48 bits per heavy atom. The predicted molar refractivity (Wildman–Crippen MR) is 103 cm³/mol. The molecule has 0 bridgehead atoms. The number of carbonyl (C=O) groups excluding carboxylic acids is 3. The van der Waals surface area contributed by atoms with E-state index in [4.69, 9.17) is 14.2 Å². The summed E-state index contributed by atoms with van der Waals surface area (Å²) in [6.07, 6.45) is 1.59. The largest absolute Gasteiger partial charge is 0.494 e. The van der Waals surface area contributed by atoms with Gasteiger partial charge in [0.15, 0.2) is 0 Å². The molecule has 1 saturated heterocycles. The molecule has 27 heavy (non-hydrogen) atoms. The van der Waals surface area contributed by atoms with Gasteiger partial charge in [-0.3, -0.25) is 14.5 Å². The predicted octanol–water partition coefficient (Wildman–Crippen LogP) is 3.47. The fourth-order valence-corrected chi connectivity index (χ4v) is 3.39. The summed E-state index contributed by atoms with van der Waals surface area (Å²) < 4.78 is 16.0. The average Bonchev–Trinajstić information content (AvgIpc) is 2.91. The highest BCUT2D eigenvalue weighted by Gasteiger charge is 2.41. The first-order valence-corrected chi connectivity index (χ1v) is 9.57. The van der Waals surface area contributed by atoms with Crippen LogP contribution in [0.5, 0.6) is 11.5 Å². The fourth-order valence-electron chi connectivity index (χ4n) is 2.49. The molecular weight excluding hydrogens is 370 g/mol. The maximum atomic E-state index is 12.7. The summed E-state index contributed by atoms with van der Waals surface area (Å²) in [6, 6.07) is 4.29. The number of ether oxygens (including phenoxy) is 3. The van der Waals surface area contributed by atoms with Gasteiger partial charge in [-0.25, -0.2) is 4.79 Å². The normalized spacial score (nSPS) is 16.6. The molecule has 2 amide bonds. The van der Waals surface area contributed by atoms with Gasteiger partial charge in [-0.05, 0) is 57.7 Å². The zero-order valence-corrected chi connectivity index (χ0v) is 16.6. The van der Waals surface area contributed by atoms with Crippen molar-refractivity contribution < 1.29 is 28.6 Å². The number of hydrogen-bond acceptors (Lipinski definition) is 7. The number of amides is 2. The standard InChI is InChI=1S/C19H23NO6S/c1-5-24-14-9-8-13(15(11-14)25-6-2)10-16-17(21)20(19(23)27-16)12(4)18(22)26-7-3/h8-12H,5-7H2,1-4H3/b16-10+/t12-/m1/s1. The Balaban J connectivity index is 2.30. The van der Waals surface area contributed by atoms with Crippen LogP contribution in [-0.2, 0) is 14.3 Å². The molecule has 0 aromatic heterocycles. The molecule has 0 spiro atoms. The van der Waals surface area contributed by atoms with Crippen molar-refractivity contribution in [2.45, 2.75) is 33.7 Å². The molecule has 2 rings (SSSR count). The fraction of sp³-hybridized carbons (Fsp3) is 0.421. The van der Waals surface area contributed by atoms with Crippen molar-refractivity contribution in [2.75, 3.05) is 19.8 Å². The van der Waals surface area contributed by atoms with E-state index in [0.29, 0.717) is 30.3 Å². The highest BCUT2D eigenvalue weighted by atomic mass is 32.2. The van der Waals surface area contributed by atoms with Gasteiger partial charge in [-0.1, -0.05) is 0 Å². The number of hydrogen-bond donors (Lipinski definition) is 0. The Morgan fingerprint density at radius 2 is 1.85 bits per heavy atom. The van der Waals surface area contributed by atoms with E-state index in [1.54, 1.807) is 31.2 Å². The highest BCUT2D eigenvalue weighted by Crippen LogP contribution is 2.36. The molecule has 146 valence electrons. The van der Waals surface area contributed by atoms with E-state index >= 15 is 0 Å². The summed E-state index contributed by atoms with van der Waals surface area (Å²) in [5.41, 5.74) is 0.648. The van der Waals surface area contributed by atoms with Crippen LogP contribution in [0.2, 0.25) is 0 Å². The van der Waals surface area contributed by atoms with Crippen molar-refractivity contribution in [1.82, 2.24) is 4.90 Å². The Morgan fingerprint density at radius 1 is 1.15 bits per heavy atom. The van der Waals surface area contributed by atoms with Crippen LogP contribution in [0, 0.1) is 0 Å². The minimum Gasteiger partial charge on any atom is -0.494 e. The lowest BCUT2D eigenvalue weighted by atomic mass is 10.1. The molecule has 1 aliphatic heterocycles. The topological polar surface area (TPSA) is 82.1 Å². The number of rotatable bonds is 8. The molecule has 1 aliphatic rings. The molecule has 1 aromatic rings. The van der Waals surface area contributed by atoms with Crippen LogP contribution in [-0.4, -0.2) is 47.9 Å². The van der Waals surface area contributed by atoms with Crippen LogP contribution in [0.4, 0.5) is 4.79 Å². The van der Waals surface area contributed by atoms with Gasteiger partial charge < -0.3 is 14.2 Å². The van der Waals surface area contributed by atoms with Crippen LogP contribution in [0.3, 0.4) is 0 Å². The first-order chi connectivity index (χ1) is 12.9. The number of carbonyl (C=O) groups is 3. The van der Waals surface area contributed by atoms with Crippen molar-refractivity contribution in [2.24, 2.45) is 0 Å². The first-order valence-electron chi connectivity index (χ1n) is 8.76. The van der Waals surface area contributed by atoms with Gasteiger partial charge in [0.05, 0.1) is 24.7 Å². The molecule has 1 fully saturated rings. The van der Waals surface area contributed by atoms with E-state index in [1.807, 2.05) is 13.8 Å². The molecule has 0 N–H and O–H groups in total. The molecule has 0 unspecified atom stereocenters. The molecule has 1 atom stereocenters. The van der Waals surface area contributed by atoms with Gasteiger partial charge in [0.1, 0.15) is 17.5 Å². The second kappa shape index (κ2) is 9.45. The minimum atomic E-state index is -0.977. The van der Waals surface area contributed by atoms with Crippen molar-refractivity contribution in [3.63, 3.8) is 0 Å². The zero-order valence-electron chi connectivity index (χ0n) is 15.8. The number of benzene rings is 1. The van der Waals surface area contributed by atoms with Gasteiger partial charge in [0.25, 0.3) is 11.1 Å². The second-order valence-electron chi connectivity index (χ2n) is 5.55. The quantitative estimate of drug-likeness (QED) is 0.494. The monoisotopic (exact) mass is 393 g/mol. The third-order valence-electron chi connectivity index (χ3n) is 3.72. The van der Waals surface area contributed by atoms with E-state index in [0.717, 1.165) is 16.7 Å². The minimum absolute atomic E-state index is 0.180. The van der Waals surface area contributed by atoms with Crippen LogP contribution in [0.15, 0.2) is 23.1 Å². The summed E-state index contributed by atoms with van der Waals surface area (Å²) in [5, 5.41) is -0.504. The number of thioether (sulfide) groups is 1. The van der Waals surface area contributed by atoms with Gasteiger partial charge >= 0.3 is 5.97 Å². The second-order valence-corrected chi connectivity index (χ2v) is 6.54. The van der Waals surface area contributed by atoms with Crippen molar-refractivity contribution in [1.29, 1.82) is 0 Å². The summed E-state index contributed by atoms with van der Waals surface area (Å²) >= 11 is 0.786. The van der Waals surface area contributed by atoms with Crippen LogP contribution < -0.4 is 9.47 Å². The first kappa shape index (κ1) is 20.8. The van der Waals surface area contributed by atoms with E-state index in [-0.39, 0.29) is 11.5 Å². The lowest BCUT2D eigenvalue weighted by Crippen LogP contribution is -2.42. The molecule has 7 nitrogen and oxygen atoms in total. The van der Waals surface area contributed by atoms with E-state index in [1.165, 1.54) is 6.92 Å². The van der Waals surface area contributed by atoms with Crippen LogP contribution in [0.1, 0.15) is 33.3 Å². The average molecular weight is 393 g/mol. The molecular formula is C19H23NO6S. The lowest BCUT2D eigenvalue weighted by Gasteiger charge is -2.19. The molecule has 1 aromatic carbocycles. The smallest absolute Gasteiger partial charge is 0.329 e. The SMILES string of the molecule is CCOC(=O)[C@@H](C)N1C(=O)S/C(=C/c2ccc(OCC)cc2OCC)C1=O.